The molecule has 1 aromatic rings. The quantitative estimate of drug-likeness (QED) is 0.642. The fourth-order valence-corrected chi connectivity index (χ4v) is 1.77. The molecule has 5 N–H and O–H groups in total. The van der Waals surface area contributed by atoms with Crippen LogP contribution in [0, 0.1) is 11.8 Å². The van der Waals surface area contributed by atoms with E-state index in [1.165, 1.54) is 0 Å². The maximum absolute atomic E-state index is 11.7. The molecule has 0 bridgehead atoms. The smallest absolute Gasteiger partial charge is 0.316 e. The SMILES string of the molecule is NC(=O)Nc1ccc(NC(=O)[C@@H]2C[C@@H]2C(=O)O)cc1. The number of primary amides is 1. The van der Waals surface area contributed by atoms with Crippen LogP contribution in [0.15, 0.2) is 24.3 Å². The zero-order chi connectivity index (χ0) is 14.0. The van der Waals surface area contributed by atoms with Gasteiger partial charge in [0.25, 0.3) is 0 Å². The summed E-state index contributed by atoms with van der Waals surface area (Å²) in [6.45, 7) is 0. The number of anilines is 2. The number of aliphatic carboxylic acids is 1. The monoisotopic (exact) mass is 263 g/mol. The first kappa shape index (κ1) is 12.9. The summed E-state index contributed by atoms with van der Waals surface area (Å²) in [6.07, 6.45) is 0.377. The largest absolute Gasteiger partial charge is 0.481 e. The van der Waals surface area contributed by atoms with Gasteiger partial charge in [-0.15, -0.1) is 0 Å². The van der Waals surface area contributed by atoms with E-state index in [9.17, 15) is 14.4 Å². The number of carbonyl (C=O) groups is 3. The van der Waals surface area contributed by atoms with E-state index in [1.54, 1.807) is 24.3 Å². The zero-order valence-corrected chi connectivity index (χ0v) is 9.92. The van der Waals surface area contributed by atoms with Gasteiger partial charge in [-0.25, -0.2) is 4.79 Å². The molecule has 1 aliphatic rings. The van der Waals surface area contributed by atoms with Gasteiger partial charge in [0.1, 0.15) is 0 Å². The van der Waals surface area contributed by atoms with E-state index in [4.69, 9.17) is 10.8 Å². The minimum atomic E-state index is -0.943. The first-order chi connectivity index (χ1) is 8.97. The summed E-state index contributed by atoms with van der Waals surface area (Å²) >= 11 is 0. The van der Waals surface area contributed by atoms with Gasteiger partial charge in [-0.1, -0.05) is 0 Å². The average Bonchev–Trinajstić information content (AvgIpc) is 3.11. The van der Waals surface area contributed by atoms with E-state index in [-0.39, 0.29) is 5.91 Å². The first-order valence-corrected chi connectivity index (χ1v) is 5.67. The van der Waals surface area contributed by atoms with Crippen LogP contribution in [-0.2, 0) is 9.59 Å². The number of rotatable bonds is 4. The Morgan fingerprint density at radius 2 is 1.58 bits per heavy atom. The minimum absolute atomic E-state index is 0.303. The van der Waals surface area contributed by atoms with Crippen molar-refractivity contribution < 1.29 is 19.5 Å². The van der Waals surface area contributed by atoms with Crippen molar-refractivity contribution in [2.45, 2.75) is 6.42 Å². The second-order valence-electron chi connectivity index (χ2n) is 4.34. The topological polar surface area (TPSA) is 122 Å². The molecule has 1 aliphatic carbocycles. The molecule has 0 aliphatic heterocycles. The number of nitrogens with one attached hydrogen (secondary N) is 2. The first-order valence-electron chi connectivity index (χ1n) is 5.67. The Morgan fingerprint density at radius 3 is 2.00 bits per heavy atom. The van der Waals surface area contributed by atoms with Crippen LogP contribution in [0.3, 0.4) is 0 Å². The molecule has 100 valence electrons. The third-order valence-corrected chi connectivity index (χ3v) is 2.86. The minimum Gasteiger partial charge on any atom is -0.481 e. The second kappa shape index (κ2) is 4.97. The summed E-state index contributed by atoms with van der Waals surface area (Å²) in [4.78, 5) is 32.9. The van der Waals surface area contributed by atoms with Crippen LogP contribution >= 0.6 is 0 Å². The van der Waals surface area contributed by atoms with Gasteiger partial charge in [0.2, 0.25) is 5.91 Å². The van der Waals surface area contributed by atoms with Crippen LogP contribution in [0.25, 0.3) is 0 Å². The molecule has 0 heterocycles. The Labute approximate surface area is 108 Å². The lowest BCUT2D eigenvalue weighted by atomic mass is 10.2. The highest BCUT2D eigenvalue weighted by atomic mass is 16.4. The molecule has 1 fully saturated rings. The van der Waals surface area contributed by atoms with Gasteiger partial charge in [0, 0.05) is 11.4 Å². The number of carbonyl (C=O) groups excluding carboxylic acids is 2. The summed E-state index contributed by atoms with van der Waals surface area (Å²) in [7, 11) is 0. The normalized spacial score (nSPS) is 20.4. The van der Waals surface area contributed by atoms with E-state index >= 15 is 0 Å². The number of benzene rings is 1. The highest BCUT2D eigenvalue weighted by molar-refractivity contribution is 5.98. The predicted octanol–water partition coefficient (Wildman–Crippen LogP) is 0.836. The Kier molecular flexibility index (Phi) is 3.37. The number of urea groups is 1. The number of hydrogen-bond donors (Lipinski definition) is 4. The van der Waals surface area contributed by atoms with Gasteiger partial charge < -0.3 is 21.5 Å². The second-order valence-corrected chi connectivity index (χ2v) is 4.34. The van der Waals surface area contributed by atoms with Gasteiger partial charge in [-0.2, -0.15) is 0 Å². The summed E-state index contributed by atoms with van der Waals surface area (Å²) in [5.41, 5.74) is 6.01. The number of carboxylic acid groups (broad SMARTS) is 1. The van der Waals surface area contributed by atoms with E-state index in [0.717, 1.165) is 0 Å². The summed E-state index contributed by atoms with van der Waals surface area (Å²) in [5, 5.41) is 13.7. The molecule has 0 aromatic heterocycles. The van der Waals surface area contributed by atoms with Gasteiger partial charge in [-0.05, 0) is 30.7 Å². The van der Waals surface area contributed by atoms with Crippen LogP contribution in [0.5, 0.6) is 0 Å². The van der Waals surface area contributed by atoms with E-state index in [0.29, 0.717) is 17.8 Å². The van der Waals surface area contributed by atoms with Crippen molar-refractivity contribution in [3.63, 3.8) is 0 Å². The maximum Gasteiger partial charge on any atom is 0.316 e. The van der Waals surface area contributed by atoms with E-state index < -0.39 is 23.8 Å². The van der Waals surface area contributed by atoms with Crippen LogP contribution in [-0.4, -0.2) is 23.0 Å². The molecule has 1 aromatic carbocycles. The van der Waals surface area contributed by atoms with Gasteiger partial charge in [-0.3, -0.25) is 9.59 Å². The molecule has 2 atom stereocenters. The highest BCUT2D eigenvalue weighted by Crippen LogP contribution is 2.39. The fraction of sp³-hybridized carbons (Fsp3) is 0.250. The Hall–Kier alpha value is -2.57. The molecular formula is C12H13N3O4. The van der Waals surface area contributed by atoms with Crippen molar-refractivity contribution in [1.82, 2.24) is 0 Å². The summed E-state index contributed by atoms with van der Waals surface area (Å²) in [5.74, 6) is -2.28. The van der Waals surface area contributed by atoms with Crippen molar-refractivity contribution in [2.75, 3.05) is 10.6 Å². The third-order valence-electron chi connectivity index (χ3n) is 2.86. The molecule has 0 saturated heterocycles. The van der Waals surface area contributed by atoms with Crippen LogP contribution in [0.4, 0.5) is 16.2 Å². The number of hydrogen-bond acceptors (Lipinski definition) is 3. The number of carboxylic acids is 1. The lowest BCUT2D eigenvalue weighted by molar-refractivity contribution is -0.139. The van der Waals surface area contributed by atoms with Crippen molar-refractivity contribution in [3.05, 3.63) is 24.3 Å². The molecule has 0 radical (unpaired) electrons. The number of amides is 3. The molecule has 1 saturated carbocycles. The predicted molar refractivity (Wildman–Crippen MR) is 67.5 cm³/mol. The molecular weight excluding hydrogens is 250 g/mol. The molecule has 2 rings (SSSR count). The van der Waals surface area contributed by atoms with Crippen molar-refractivity contribution in [3.8, 4) is 0 Å². The molecule has 3 amide bonds. The molecule has 0 unspecified atom stereocenters. The Balaban J connectivity index is 1.91. The summed E-state index contributed by atoms with van der Waals surface area (Å²) < 4.78 is 0. The average molecular weight is 263 g/mol. The van der Waals surface area contributed by atoms with Crippen molar-refractivity contribution in [1.29, 1.82) is 0 Å². The zero-order valence-electron chi connectivity index (χ0n) is 9.92. The van der Waals surface area contributed by atoms with Crippen molar-refractivity contribution in [2.24, 2.45) is 17.6 Å². The third kappa shape index (κ3) is 3.21. The Bertz CT molecular complexity index is 526. The van der Waals surface area contributed by atoms with Gasteiger partial charge >= 0.3 is 12.0 Å². The Morgan fingerprint density at radius 1 is 1.05 bits per heavy atom. The van der Waals surface area contributed by atoms with Gasteiger partial charge in [0.15, 0.2) is 0 Å². The molecule has 19 heavy (non-hydrogen) atoms. The lowest BCUT2D eigenvalue weighted by Crippen LogP contribution is -2.19. The van der Waals surface area contributed by atoms with Crippen LogP contribution < -0.4 is 16.4 Å². The van der Waals surface area contributed by atoms with Crippen LogP contribution in [0.2, 0.25) is 0 Å². The van der Waals surface area contributed by atoms with Crippen LogP contribution in [0.1, 0.15) is 6.42 Å². The van der Waals surface area contributed by atoms with E-state index in [2.05, 4.69) is 10.6 Å². The van der Waals surface area contributed by atoms with E-state index in [1.807, 2.05) is 0 Å². The van der Waals surface area contributed by atoms with Gasteiger partial charge in [0.05, 0.1) is 11.8 Å². The lowest BCUT2D eigenvalue weighted by Gasteiger charge is -2.06. The van der Waals surface area contributed by atoms with Crippen molar-refractivity contribution >= 4 is 29.3 Å². The highest BCUT2D eigenvalue weighted by Gasteiger charge is 2.48. The standard InChI is InChI=1S/C12H13N3O4/c13-12(19)15-7-3-1-6(2-4-7)14-10(16)8-5-9(8)11(17)18/h1-4,8-9H,5H2,(H,14,16)(H,17,18)(H3,13,15,19)/t8-,9+/m1/s1. The molecule has 0 spiro atoms. The maximum atomic E-state index is 11.7. The molecule has 7 heteroatoms. The molecule has 7 nitrogen and oxygen atoms in total. The number of nitrogens with two attached hydrogens (primary N) is 1. The summed E-state index contributed by atoms with van der Waals surface area (Å²) in [6, 6.07) is 5.70. The fourth-order valence-electron chi connectivity index (χ4n) is 1.77.